The molecule has 11 heteroatoms. The van der Waals surface area contributed by atoms with Crippen molar-refractivity contribution in [1.82, 2.24) is 5.32 Å². The molecule has 160 valence electrons. The third-order valence-electron chi connectivity index (χ3n) is 4.62. The van der Waals surface area contributed by atoms with E-state index in [4.69, 9.17) is 11.6 Å². The van der Waals surface area contributed by atoms with Crippen LogP contribution in [0, 0.1) is 11.6 Å². The SMILES string of the molecule is O=C(Nc1scc2c1C(c1cc(F)ccc1Cl)NC2=O)c1cc(F)cc(C(F)(F)F)c1. The molecule has 2 N–H and O–H groups in total. The number of rotatable bonds is 3. The minimum atomic E-state index is -4.84. The molecule has 0 saturated carbocycles. The van der Waals surface area contributed by atoms with Gasteiger partial charge in [-0.05, 0) is 36.4 Å². The molecule has 0 radical (unpaired) electrons. The molecule has 4 rings (SSSR count). The Balaban J connectivity index is 1.70. The van der Waals surface area contributed by atoms with Crippen LogP contribution in [0.4, 0.5) is 27.0 Å². The highest BCUT2D eigenvalue weighted by Crippen LogP contribution is 2.43. The van der Waals surface area contributed by atoms with Gasteiger partial charge in [-0.15, -0.1) is 11.3 Å². The second-order valence-corrected chi connectivity index (χ2v) is 7.93. The first-order chi connectivity index (χ1) is 14.5. The highest BCUT2D eigenvalue weighted by Gasteiger charge is 2.36. The third-order valence-corrected chi connectivity index (χ3v) is 5.88. The van der Waals surface area contributed by atoms with E-state index in [0.717, 1.165) is 23.5 Å². The first kappa shape index (κ1) is 21.3. The van der Waals surface area contributed by atoms with Crippen LogP contribution in [0.15, 0.2) is 41.8 Å². The summed E-state index contributed by atoms with van der Waals surface area (Å²) in [7, 11) is 0. The molecule has 0 aliphatic carbocycles. The maximum Gasteiger partial charge on any atom is 0.416 e. The maximum atomic E-state index is 13.7. The largest absolute Gasteiger partial charge is 0.416 e. The van der Waals surface area contributed by atoms with Gasteiger partial charge in [-0.2, -0.15) is 13.2 Å². The number of amides is 2. The van der Waals surface area contributed by atoms with Gasteiger partial charge >= 0.3 is 6.18 Å². The van der Waals surface area contributed by atoms with Gasteiger partial charge in [0.15, 0.2) is 0 Å². The Kier molecular flexibility index (Phi) is 5.22. The number of halogens is 6. The molecule has 0 spiro atoms. The summed E-state index contributed by atoms with van der Waals surface area (Å²) in [5.74, 6) is -3.31. The average molecular weight is 473 g/mol. The zero-order valence-electron chi connectivity index (χ0n) is 15.1. The van der Waals surface area contributed by atoms with Crippen molar-refractivity contribution in [1.29, 1.82) is 0 Å². The quantitative estimate of drug-likeness (QED) is 0.474. The van der Waals surface area contributed by atoms with Gasteiger partial charge in [0.1, 0.15) is 16.6 Å². The Hall–Kier alpha value is -2.98. The van der Waals surface area contributed by atoms with Crippen molar-refractivity contribution in [2.24, 2.45) is 0 Å². The molecule has 2 heterocycles. The minimum Gasteiger partial charge on any atom is -0.341 e. The summed E-state index contributed by atoms with van der Waals surface area (Å²) < 4.78 is 66.2. The summed E-state index contributed by atoms with van der Waals surface area (Å²) in [4.78, 5) is 24.8. The molecule has 0 fully saturated rings. The number of hydrogen-bond donors (Lipinski definition) is 2. The molecule has 1 aromatic heterocycles. The van der Waals surface area contributed by atoms with Crippen LogP contribution in [0.5, 0.6) is 0 Å². The van der Waals surface area contributed by atoms with Gasteiger partial charge in [0.2, 0.25) is 0 Å². The summed E-state index contributed by atoms with van der Waals surface area (Å²) in [5.41, 5.74) is -1.11. The monoisotopic (exact) mass is 472 g/mol. The normalized spacial score (nSPS) is 15.5. The lowest BCUT2D eigenvalue weighted by Crippen LogP contribution is -2.21. The minimum absolute atomic E-state index is 0.140. The number of nitrogens with one attached hydrogen (secondary N) is 2. The van der Waals surface area contributed by atoms with Crippen molar-refractivity contribution < 1.29 is 31.5 Å². The smallest absolute Gasteiger partial charge is 0.341 e. The topological polar surface area (TPSA) is 58.2 Å². The number of carbonyl (C=O) groups is 2. The number of fused-ring (bicyclic) bond motifs is 1. The molecular formula is C20H10ClF5N2O2S. The molecule has 0 saturated heterocycles. The number of benzene rings is 2. The van der Waals surface area contributed by atoms with Crippen LogP contribution in [0.25, 0.3) is 0 Å². The maximum absolute atomic E-state index is 13.7. The van der Waals surface area contributed by atoms with Crippen molar-refractivity contribution in [3.05, 3.63) is 86.3 Å². The molecule has 2 amide bonds. The molecular weight excluding hydrogens is 463 g/mol. The van der Waals surface area contributed by atoms with E-state index < -0.39 is 46.8 Å². The second-order valence-electron chi connectivity index (χ2n) is 6.64. The number of alkyl halides is 3. The Morgan fingerprint density at radius 3 is 2.55 bits per heavy atom. The van der Waals surface area contributed by atoms with Gasteiger partial charge in [0.25, 0.3) is 11.8 Å². The zero-order chi connectivity index (χ0) is 22.5. The lowest BCUT2D eigenvalue weighted by Gasteiger charge is -2.16. The van der Waals surface area contributed by atoms with Crippen molar-refractivity contribution in [3.63, 3.8) is 0 Å². The van der Waals surface area contributed by atoms with E-state index in [-0.39, 0.29) is 27.2 Å². The van der Waals surface area contributed by atoms with E-state index in [1.54, 1.807) is 0 Å². The lowest BCUT2D eigenvalue weighted by atomic mass is 10.0. The van der Waals surface area contributed by atoms with Crippen LogP contribution in [-0.4, -0.2) is 11.8 Å². The Morgan fingerprint density at radius 2 is 1.84 bits per heavy atom. The van der Waals surface area contributed by atoms with Crippen molar-refractivity contribution in [2.45, 2.75) is 12.2 Å². The Morgan fingerprint density at radius 1 is 1.10 bits per heavy atom. The molecule has 0 bridgehead atoms. The fraction of sp³-hybridized carbons (Fsp3) is 0.100. The highest BCUT2D eigenvalue weighted by atomic mass is 35.5. The molecule has 31 heavy (non-hydrogen) atoms. The molecule has 1 aliphatic heterocycles. The van der Waals surface area contributed by atoms with Crippen LogP contribution in [0.1, 0.15) is 43.4 Å². The van der Waals surface area contributed by atoms with Crippen LogP contribution in [-0.2, 0) is 6.18 Å². The first-order valence-corrected chi connectivity index (χ1v) is 9.86. The molecule has 4 nitrogen and oxygen atoms in total. The predicted octanol–water partition coefficient (Wildman–Crippen LogP) is 5.78. The third kappa shape index (κ3) is 4.00. The van der Waals surface area contributed by atoms with E-state index in [1.807, 2.05) is 0 Å². The number of thiophene rings is 1. The summed E-state index contributed by atoms with van der Waals surface area (Å²) in [6, 6.07) is 4.18. The average Bonchev–Trinajstić information content (AvgIpc) is 3.24. The summed E-state index contributed by atoms with van der Waals surface area (Å²) in [5, 5.41) is 6.80. The van der Waals surface area contributed by atoms with E-state index in [2.05, 4.69) is 10.6 Å². The molecule has 3 aromatic rings. The van der Waals surface area contributed by atoms with E-state index in [1.165, 1.54) is 11.4 Å². The standard InChI is InChI=1S/C20H10ClF5N2O2S/c21-14-2-1-10(22)6-12(14)16-15-13(18(30)27-16)7-31-19(15)28-17(29)8-3-9(20(24,25)26)5-11(23)4-8/h1-7,16H,(H,27,30)(H,28,29). The van der Waals surface area contributed by atoms with Crippen LogP contribution < -0.4 is 10.6 Å². The van der Waals surface area contributed by atoms with Crippen LogP contribution in [0.2, 0.25) is 5.02 Å². The fourth-order valence-electron chi connectivity index (χ4n) is 3.24. The Labute approximate surface area is 180 Å². The summed E-state index contributed by atoms with van der Waals surface area (Å²) >= 11 is 7.09. The van der Waals surface area contributed by atoms with E-state index in [0.29, 0.717) is 17.7 Å². The van der Waals surface area contributed by atoms with Gasteiger partial charge in [-0.3, -0.25) is 9.59 Å². The predicted molar refractivity (Wildman–Crippen MR) is 104 cm³/mol. The van der Waals surface area contributed by atoms with E-state index >= 15 is 0 Å². The summed E-state index contributed by atoms with van der Waals surface area (Å²) in [6.45, 7) is 0. The molecule has 2 aromatic carbocycles. The van der Waals surface area contributed by atoms with Crippen molar-refractivity contribution in [2.75, 3.05) is 5.32 Å². The fourth-order valence-corrected chi connectivity index (χ4v) is 4.44. The zero-order valence-corrected chi connectivity index (χ0v) is 16.7. The van der Waals surface area contributed by atoms with Gasteiger partial charge in [-0.25, -0.2) is 8.78 Å². The van der Waals surface area contributed by atoms with Gasteiger partial charge in [0, 0.05) is 27.1 Å². The van der Waals surface area contributed by atoms with Crippen molar-refractivity contribution >= 4 is 39.8 Å². The van der Waals surface area contributed by atoms with E-state index in [9.17, 15) is 31.5 Å². The highest BCUT2D eigenvalue weighted by molar-refractivity contribution is 7.15. The van der Waals surface area contributed by atoms with Gasteiger partial charge in [-0.1, -0.05) is 11.6 Å². The second kappa shape index (κ2) is 7.61. The van der Waals surface area contributed by atoms with Crippen LogP contribution >= 0.6 is 22.9 Å². The van der Waals surface area contributed by atoms with Gasteiger partial charge < -0.3 is 10.6 Å². The van der Waals surface area contributed by atoms with Crippen molar-refractivity contribution in [3.8, 4) is 0 Å². The first-order valence-electron chi connectivity index (χ1n) is 8.61. The lowest BCUT2D eigenvalue weighted by molar-refractivity contribution is -0.137. The number of carbonyl (C=O) groups excluding carboxylic acids is 2. The summed E-state index contributed by atoms with van der Waals surface area (Å²) in [6.07, 6.45) is -4.84. The Bertz CT molecular complexity index is 1220. The molecule has 1 aliphatic rings. The van der Waals surface area contributed by atoms with Crippen LogP contribution in [0.3, 0.4) is 0 Å². The van der Waals surface area contributed by atoms with Gasteiger partial charge in [0.05, 0.1) is 17.2 Å². The molecule has 1 unspecified atom stereocenters. The number of anilines is 1. The number of hydrogen-bond acceptors (Lipinski definition) is 3. The molecule has 1 atom stereocenters.